The summed E-state index contributed by atoms with van der Waals surface area (Å²) in [7, 11) is 0. The highest BCUT2D eigenvalue weighted by atomic mass is 16.2. The van der Waals surface area contributed by atoms with Gasteiger partial charge in [0.2, 0.25) is 0 Å². The first kappa shape index (κ1) is 12.5. The Morgan fingerprint density at radius 1 is 1.42 bits per heavy atom. The number of carbonyl (C=O) groups excluding carboxylic acids is 1. The number of rotatable bonds is 6. The Labute approximate surface area is 114 Å². The summed E-state index contributed by atoms with van der Waals surface area (Å²) in [4.78, 5) is 18.9. The molecule has 1 aromatic heterocycles. The van der Waals surface area contributed by atoms with Crippen LogP contribution < -0.4 is 5.32 Å². The van der Waals surface area contributed by atoms with Crippen LogP contribution in [0.3, 0.4) is 0 Å². The summed E-state index contributed by atoms with van der Waals surface area (Å²) in [6.07, 6.45) is 6.59. The van der Waals surface area contributed by atoms with Crippen LogP contribution in [0.5, 0.6) is 0 Å². The first-order chi connectivity index (χ1) is 9.28. The van der Waals surface area contributed by atoms with Crippen LogP contribution in [0, 0.1) is 5.92 Å². The molecule has 0 unspecified atom stereocenters. The molecular formula is C15H21N3O. The van der Waals surface area contributed by atoms with Crippen LogP contribution in [-0.4, -0.2) is 34.9 Å². The Hall–Kier alpha value is -1.58. The van der Waals surface area contributed by atoms with E-state index in [0.717, 1.165) is 37.5 Å². The van der Waals surface area contributed by atoms with E-state index in [1.165, 1.54) is 12.8 Å². The molecule has 0 aliphatic heterocycles. The molecule has 0 aromatic carbocycles. The maximum atomic E-state index is 12.6. The molecule has 0 radical (unpaired) electrons. The van der Waals surface area contributed by atoms with E-state index in [2.05, 4.69) is 15.2 Å². The topological polar surface area (TPSA) is 45.2 Å². The normalized spacial score (nSPS) is 18.2. The van der Waals surface area contributed by atoms with Crippen molar-refractivity contribution in [3.63, 3.8) is 0 Å². The third-order valence-electron chi connectivity index (χ3n) is 3.76. The van der Waals surface area contributed by atoms with Crippen LogP contribution in [0.2, 0.25) is 0 Å². The van der Waals surface area contributed by atoms with Crippen molar-refractivity contribution >= 4 is 11.6 Å². The number of hydrogen-bond acceptors (Lipinski definition) is 3. The Balaban J connectivity index is 1.74. The minimum Gasteiger partial charge on any atom is -0.385 e. The molecule has 4 heteroatoms. The molecule has 19 heavy (non-hydrogen) atoms. The van der Waals surface area contributed by atoms with Gasteiger partial charge in [0.25, 0.3) is 5.91 Å². The summed E-state index contributed by atoms with van der Waals surface area (Å²) >= 11 is 0. The van der Waals surface area contributed by atoms with Crippen molar-refractivity contribution in [1.29, 1.82) is 0 Å². The number of aromatic nitrogens is 1. The van der Waals surface area contributed by atoms with Crippen LogP contribution in [0.25, 0.3) is 0 Å². The lowest BCUT2D eigenvalue weighted by molar-refractivity contribution is 0.0729. The van der Waals surface area contributed by atoms with Gasteiger partial charge in [0, 0.05) is 31.0 Å². The molecule has 0 atom stereocenters. The Kier molecular flexibility index (Phi) is 3.40. The minimum absolute atomic E-state index is 0.106. The molecule has 2 aliphatic carbocycles. The molecule has 1 aromatic rings. The third-order valence-corrected chi connectivity index (χ3v) is 3.76. The Morgan fingerprint density at radius 3 is 2.84 bits per heavy atom. The molecule has 1 amide bonds. The van der Waals surface area contributed by atoms with Crippen LogP contribution in [-0.2, 0) is 0 Å². The fourth-order valence-corrected chi connectivity index (χ4v) is 2.37. The molecule has 1 heterocycles. The largest absolute Gasteiger partial charge is 0.385 e. The lowest BCUT2D eigenvalue weighted by Crippen LogP contribution is -2.35. The van der Waals surface area contributed by atoms with Crippen molar-refractivity contribution in [1.82, 2.24) is 9.88 Å². The van der Waals surface area contributed by atoms with E-state index in [-0.39, 0.29) is 5.91 Å². The fourth-order valence-electron chi connectivity index (χ4n) is 2.37. The van der Waals surface area contributed by atoms with Crippen molar-refractivity contribution in [3.8, 4) is 0 Å². The molecule has 2 fully saturated rings. The van der Waals surface area contributed by atoms with Crippen LogP contribution >= 0.6 is 0 Å². The highest BCUT2D eigenvalue weighted by Crippen LogP contribution is 2.35. The Bertz CT molecular complexity index is 466. The number of anilines is 1. The van der Waals surface area contributed by atoms with E-state index in [9.17, 15) is 4.79 Å². The number of carbonyl (C=O) groups is 1. The quantitative estimate of drug-likeness (QED) is 0.854. The second-order valence-corrected chi connectivity index (χ2v) is 5.59. The number of pyridine rings is 1. The molecule has 2 saturated carbocycles. The van der Waals surface area contributed by atoms with Crippen molar-refractivity contribution in [2.45, 2.75) is 38.6 Å². The predicted octanol–water partition coefficient (Wildman–Crippen LogP) is 2.53. The summed E-state index contributed by atoms with van der Waals surface area (Å²) in [5.74, 6) is 0.843. The standard InChI is InChI=1S/C15H21N3O/c1-2-16-12-7-8-17-14(9-12)15(19)18(13-5-6-13)10-11-3-4-11/h7-9,11,13H,2-6,10H2,1H3,(H,16,17). The van der Waals surface area contributed by atoms with Crippen molar-refractivity contribution < 1.29 is 4.79 Å². The summed E-state index contributed by atoms with van der Waals surface area (Å²) < 4.78 is 0. The zero-order valence-electron chi connectivity index (χ0n) is 11.4. The van der Waals surface area contributed by atoms with Crippen LogP contribution in [0.15, 0.2) is 18.3 Å². The number of hydrogen-bond donors (Lipinski definition) is 1. The maximum absolute atomic E-state index is 12.6. The molecule has 2 aliphatic rings. The first-order valence-electron chi connectivity index (χ1n) is 7.29. The molecule has 0 spiro atoms. The molecule has 1 N–H and O–H groups in total. The smallest absolute Gasteiger partial charge is 0.272 e. The summed E-state index contributed by atoms with van der Waals surface area (Å²) in [6.45, 7) is 3.83. The van der Waals surface area contributed by atoms with Crippen molar-refractivity contribution in [2.24, 2.45) is 5.92 Å². The molecule has 102 valence electrons. The van der Waals surface area contributed by atoms with E-state index in [1.807, 2.05) is 19.1 Å². The maximum Gasteiger partial charge on any atom is 0.272 e. The second-order valence-electron chi connectivity index (χ2n) is 5.59. The van der Waals surface area contributed by atoms with E-state index in [4.69, 9.17) is 0 Å². The average molecular weight is 259 g/mol. The minimum atomic E-state index is 0.106. The van der Waals surface area contributed by atoms with Gasteiger partial charge in [0.1, 0.15) is 5.69 Å². The van der Waals surface area contributed by atoms with Gasteiger partial charge in [-0.15, -0.1) is 0 Å². The molecule has 4 nitrogen and oxygen atoms in total. The van der Waals surface area contributed by atoms with Gasteiger partial charge in [-0.1, -0.05) is 0 Å². The van der Waals surface area contributed by atoms with Crippen LogP contribution in [0.1, 0.15) is 43.1 Å². The predicted molar refractivity (Wildman–Crippen MR) is 75.2 cm³/mol. The molecule has 3 rings (SSSR count). The third kappa shape index (κ3) is 3.06. The monoisotopic (exact) mass is 259 g/mol. The number of nitrogens with one attached hydrogen (secondary N) is 1. The van der Waals surface area contributed by atoms with Gasteiger partial charge < -0.3 is 10.2 Å². The Morgan fingerprint density at radius 2 is 2.21 bits per heavy atom. The number of amides is 1. The van der Waals surface area contributed by atoms with Gasteiger partial charge in [-0.3, -0.25) is 9.78 Å². The average Bonchev–Trinajstić information content (AvgIpc) is 3.28. The zero-order chi connectivity index (χ0) is 13.2. The summed E-state index contributed by atoms with van der Waals surface area (Å²) in [6, 6.07) is 4.24. The van der Waals surface area contributed by atoms with E-state index in [0.29, 0.717) is 11.7 Å². The highest BCUT2D eigenvalue weighted by Gasteiger charge is 2.37. The lowest BCUT2D eigenvalue weighted by atomic mass is 10.2. The lowest BCUT2D eigenvalue weighted by Gasteiger charge is -2.22. The summed E-state index contributed by atoms with van der Waals surface area (Å²) in [5.41, 5.74) is 1.55. The van der Waals surface area contributed by atoms with Crippen LogP contribution in [0.4, 0.5) is 5.69 Å². The van der Waals surface area contributed by atoms with Gasteiger partial charge in [-0.25, -0.2) is 0 Å². The fraction of sp³-hybridized carbons (Fsp3) is 0.600. The number of nitrogens with zero attached hydrogens (tertiary/aromatic N) is 2. The molecule has 0 bridgehead atoms. The first-order valence-corrected chi connectivity index (χ1v) is 7.29. The van der Waals surface area contributed by atoms with E-state index >= 15 is 0 Å². The van der Waals surface area contributed by atoms with Gasteiger partial charge in [0.15, 0.2) is 0 Å². The zero-order valence-corrected chi connectivity index (χ0v) is 11.4. The van der Waals surface area contributed by atoms with Crippen molar-refractivity contribution in [3.05, 3.63) is 24.0 Å². The van der Waals surface area contributed by atoms with Crippen molar-refractivity contribution in [2.75, 3.05) is 18.4 Å². The second kappa shape index (κ2) is 5.19. The van der Waals surface area contributed by atoms with Gasteiger partial charge in [0.05, 0.1) is 0 Å². The van der Waals surface area contributed by atoms with Gasteiger partial charge >= 0.3 is 0 Å². The summed E-state index contributed by atoms with van der Waals surface area (Å²) in [5, 5.41) is 3.23. The SMILES string of the molecule is CCNc1ccnc(C(=O)N(CC2CC2)C2CC2)c1. The van der Waals surface area contributed by atoms with E-state index < -0.39 is 0 Å². The molecule has 0 saturated heterocycles. The van der Waals surface area contributed by atoms with Gasteiger partial charge in [-0.2, -0.15) is 0 Å². The molecular weight excluding hydrogens is 238 g/mol. The van der Waals surface area contributed by atoms with Gasteiger partial charge in [-0.05, 0) is 50.7 Å². The highest BCUT2D eigenvalue weighted by molar-refractivity contribution is 5.93. The van der Waals surface area contributed by atoms with E-state index in [1.54, 1.807) is 6.20 Å².